The molecule has 3 N–H and O–H groups in total. The fraction of sp³-hybridized carbons (Fsp3) is 0.241. The number of nitrogens with zero attached hydrogens (tertiary/aromatic N) is 2. The van der Waals surface area contributed by atoms with Crippen molar-refractivity contribution >= 4 is 39.6 Å². The largest absolute Gasteiger partial charge is 0.489 e. The minimum Gasteiger partial charge on any atom is -0.489 e. The first-order valence-corrected chi connectivity index (χ1v) is 12.6. The van der Waals surface area contributed by atoms with Crippen molar-refractivity contribution in [3.63, 3.8) is 0 Å². The third-order valence-corrected chi connectivity index (χ3v) is 6.39. The number of nitriles is 1. The molecule has 39 heavy (non-hydrogen) atoms. The molecule has 1 fully saturated rings. The molecule has 0 bridgehead atoms. The molecule has 0 radical (unpaired) electrons. The molecule has 1 aliphatic rings. The van der Waals surface area contributed by atoms with Crippen molar-refractivity contribution in [2.45, 2.75) is 32.3 Å². The quantitative estimate of drug-likeness (QED) is 0.245. The van der Waals surface area contributed by atoms with Crippen LogP contribution < -0.4 is 20.5 Å². The maximum absolute atomic E-state index is 13.4. The SMILES string of the molecule is CC1(C)OC[C@H](COc2cc3ncc(C#N)c(Nc4ccc(OCc5cccc(F)c5)c(Cl)c4)c3cc2N)O1. The topological polar surface area (TPSA) is 112 Å². The fourth-order valence-corrected chi connectivity index (χ4v) is 4.47. The number of halogens is 2. The van der Waals surface area contributed by atoms with Crippen LogP contribution in [0.1, 0.15) is 25.0 Å². The number of nitrogens with two attached hydrogens (primary N) is 1. The molecular formula is C29H26ClFN4O4. The van der Waals surface area contributed by atoms with Crippen molar-refractivity contribution in [1.82, 2.24) is 4.98 Å². The summed E-state index contributed by atoms with van der Waals surface area (Å²) in [6, 6.07) is 16.9. The Morgan fingerprint density at radius 1 is 1.18 bits per heavy atom. The third kappa shape index (κ3) is 6.15. The van der Waals surface area contributed by atoms with E-state index in [0.717, 1.165) is 0 Å². The molecule has 1 saturated heterocycles. The van der Waals surface area contributed by atoms with E-state index < -0.39 is 5.79 Å². The number of anilines is 3. The van der Waals surface area contributed by atoms with Crippen LogP contribution in [0, 0.1) is 17.1 Å². The number of ether oxygens (including phenoxy) is 4. The Balaban J connectivity index is 1.35. The molecule has 0 saturated carbocycles. The van der Waals surface area contributed by atoms with Gasteiger partial charge in [-0.15, -0.1) is 0 Å². The van der Waals surface area contributed by atoms with Crippen LogP contribution in [0.3, 0.4) is 0 Å². The van der Waals surface area contributed by atoms with E-state index >= 15 is 0 Å². The second-order valence-corrected chi connectivity index (χ2v) is 9.92. The minimum absolute atomic E-state index is 0.166. The Morgan fingerprint density at radius 2 is 2.03 bits per heavy atom. The van der Waals surface area contributed by atoms with Gasteiger partial charge in [-0.1, -0.05) is 23.7 Å². The molecule has 1 atom stereocenters. The van der Waals surface area contributed by atoms with Gasteiger partial charge in [-0.25, -0.2) is 4.39 Å². The van der Waals surface area contributed by atoms with E-state index in [-0.39, 0.29) is 25.1 Å². The Labute approximate surface area is 230 Å². The van der Waals surface area contributed by atoms with Gasteiger partial charge in [0.1, 0.15) is 42.7 Å². The molecule has 1 aliphatic heterocycles. The lowest BCUT2D eigenvalue weighted by molar-refractivity contribution is -0.141. The number of rotatable bonds is 8. The number of aromatic nitrogens is 1. The van der Waals surface area contributed by atoms with Crippen LogP contribution in [0.4, 0.5) is 21.5 Å². The zero-order valence-electron chi connectivity index (χ0n) is 21.3. The van der Waals surface area contributed by atoms with E-state index in [1.165, 1.54) is 18.3 Å². The molecule has 1 aromatic heterocycles. The number of fused-ring (bicyclic) bond motifs is 1. The van der Waals surface area contributed by atoms with E-state index in [1.807, 2.05) is 13.8 Å². The van der Waals surface area contributed by atoms with Crippen LogP contribution in [0.15, 0.2) is 60.8 Å². The first-order chi connectivity index (χ1) is 18.7. The summed E-state index contributed by atoms with van der Waals surface area (Å²) < 4.78 is 36.5. The first kappa shape index (κ1) is 26.5. The Kier molecular flexibility index (Phi) is 7.44. The summed E-state index contributed by atoms with van der Waals surface area (Å²) in [6.45, 7) is 4.56. The number of nitrogens with one attached hydrogen (secondary N) is 1. The summed E-state index contributed by atoms with van der Waals surface area (Å²) in [7, 11) is 0. The average Bonchev–Trinajstić information content (AvgIpc) is 3.26. The van der Waals surface area contributed by atoms with E-state index in [2.05, 4.69) is 16.4 Å². The summed E-state index contributed by atoms with van der Waals surface area (Å²) in [5, 5.41) is 14.0. The van der Waals surface area contributed by atoms with Gasteiger partial charge in [-0.3, -0.25) is 4.98 Å². The standard InChI is InChI=1S/C29H26ClFN4O4/c1-29(2)38-16-21(39-29)15-37-27-11-25-22(10-24(27)33)28(18(12-32)13-34-25)35-20-6-7-26(23(30)9-20)36-14-17-4-3-5-19(31)8-17/h3-11,13,21H,14-16,33H2,1-2H3,(H,34,35)/t21-/m0/s1. The summed E-state index contributed by atoms with van der Waals surface area (Å²) in [5.74, 6) is -0.0762. The second-order valence-electron chi connectivity index (χ2n) is 9.52. The lowest BCUT2D eigenvalue weighted by Crippen LogP contribution is -2.25. The van der Waals surface area contributed by atoms with Gasteiger partial charge in [0.2, 0.25) is 0 Å². The van der Waals surface area contributed by atoms with Crippen LogP contribution >= 0.6 is 11.6 Å². The fourth-order valence-electron chi connectivity index (χ4n) is 4.24. The van der Waals surface area contributed by atoms with Gasteiger partial charge in [-0.2, -0.15) is 5.26 Å². The number of hydrogen-bond acceptors (Lipinski definition) is 8. The van der Waals surface area contributed by atoms with Gasteiger partial charge in [0.15, 0.2) is 5.79 Å². The summed E-state index contributed by atoms with van der Waals surface area (Å²) in [5.41, 5.74) is 9.46. The predicted molar refractivity (Wildman–Crippen MR) is 147 cm³/mol. The van der Waals surface area contributed by atoms with Gasteiger partial charge in [0, 0.05) is 23.3 Å². The van der Waals surface area contributed by atoms with E-state index in [4.69, 9.17) is 36.3 Å². The van der Waals surface area contributed by atoms with Gasteiger partial charge >= 0.3 is 0 Å². The predicted octanol–water partition coefficient (Wildman–Crippen LogP) is 6.33. The van der Waals surface area contributed by atoms with Crippen molar-refractivity contribution in [1.29, 1.82) is 5.26 Å². The maximum Gasteiger partial charge on any atom is 0.163 e. The molecule has 0 unspecified atom stereocenters. The lowest BCUT2D eigenvalue weighted by atomic mass is 10.1. The first-order valence-electron chi connectivity index (χ1n) is 12.2. The van der Waals surface area contributed by atoms with Gasteiger partial charge in [-0.05, 0) is 55.8 Å². The van der Waals surface area contributed by atoms with Gasteiger partial charge in [0.05, 0.1) is 34.1 Å². The van der Waals surface area contributed by atoms with E-state index in [9.17, 15) is 9.65 Å². The highest BCUT2D eigenvalue weighted by molar-refractivity contribution is 6.32. The number of pyridine rings is 1. The molecule has 0 amide bonds. The van der Waals surface area contributed by atoms with Crippen LogP contribution in [0.2, 0.25) is 5.02 Å². The third-order valence-electron chi connectivity index (χ3n) is 6.10. The average molecular weight is 549 g/mol. The van der Waals surface area contributed by atoms with Crippen LogP contribution in [-0.4, -0.2) is 30.1 Å². The normalized spacial score (nSPS) is 16.1. The minimum atomic E-state index is -0.646. The van der Waals surface area contributed by atoms with Crippen molar-refractivity contribution < 1.29 is 23.3 Å². The Hall–Kier alpha value is -4.10. The number of hydrogen-bond donors (Lipinski definition) is 2. The van der Waals surface area contributed by atoms with Crippen LogP contribution in [-0.2, 0) is 16.1 Å². The van der Waals surface area contributed by atoms with E-state index in [0.29, 0.717) is 62.2 Å². The molecule has 5 rings (SSSR count). The molecule has 10 heteroatoms. The van der Waals surface area contributed by atoms with Crippen molar-refractivity contribution in [3.8, 4) is 17.6 Å². The molecule has 0 aliphatic carbocycles. The highest BCUT2D eigenvalue weighted by atomic mass is 35.5. The highest BCUT2D eigenvalue weighted by Gasteiger charge is 2.33. The molecule has 8 nitrogen and oxygen atoms in total. The Morgan fingerprint density at radius 3 is 2.74 bits per heavy atom. The van der Waals surface area contributed by atoms with Crippen molar-refractivity contribution in [2.75, 3.05) is 24.3 Å². The summed E-state index contributed by atoms with van der Waals surface area (Å²) >= 11 is 6.47. The number of nitrogen functional groups attached to an aromatic ring is 1. The zero-order valence-corrected chi connectivity index (χ0v) is 22.1. The van der Waals surface area contributed by atoms with Crippen LogP contribution in [0.25, 0.3) is 10.9 Å². The molecule has 3 aromatic carbocycles. The number of benzene rings is 3. The highest BCUT2D eigenvalue weighted by Crippen LogP contribution is 2.36. The van der Waals surface area contributed by atoms with Crippen molar-refractivity contribution in [3.05, 3.63) is 82.8 Å². The molecule has 2 heterocycles. The summed E-state index contributed by atoms with van der Waals surface area (Å²) in [4.78, 5) is 4.42. The molecule has 0 spiro atoms. The second kappa shape index (κ2) is 10.9. The summed E-state index contributed by atoms with van der Waals surface area (Å²) in [6.07, 6.45) is 1.27. The van der Waals surface area contributed by atoms with Gasteiger partial charge < -0.3 is 30.0 Å². The van der Waals surface area contributed by atoms with Crippen LogP contribution in [0.5, 0.6) is 11.5 Å². The molecule has 200 valence electrons. The van der Waals surface area contributed by atoms with Gasteiger partial charge in [0.25, 0.3) is 0 Å². The van der Waals surface area contributed by atoms with Crippen molar-refractivity contribution in [2.24, 2.45) is 0 Å². The molecule has 4 aromatic rings. The van der Waals surface area contributed by atoms with E-state index in [1.54, 1.807) is 42.5 Å². The Bertz CT molecular complexity index is 1570. The smallest absolute Gasteiger partial charge is 0.163 e. The molecular weight excluding hydrogens is 523 g/mol. The maximum atomic E-state index is 13.4. The zero-order chi connectivity index (χ0) is 27.6. The lowest BCUT2D eigenvalue weighted by Gasteiger charge is -2.18. The monoisotopic (exact) mass is 548 g/mol.